The van der Waals surface area contributed by atoms with E-state index in [2.05, 4.69) is 15.6 Å². The molecule has 1 aromatic carbocycles. The van der Waals surface area contributed by atoms with E-state index >= 15 is 0 Å². The van der Waals surface area contributed by atoms with E-state index in [-0.39, 0.29) is 12.6 Å². The molecule has 0 aliphatic heterocycles. The van der Waals surface area contributed by atoms with Gasteiger partial charge in [-0.05, 0) is 37.6 Å². The third-order valence-corrected chi connectivity index (χ3v) is 3.36. The fourth-order valence-corrected chi connectivity index (χ4v) is 1.81. The molecule has 4 N–H and O–H groups in total. The first-order valence-electron chi connectivity index (χ1n) is 6.33. The van der Waals surface area contributed by atoms with Crippen molar-refractivity contribution >= 4 is 22.6 Å². The Bertz CT molecular complexity index is 573. The molecule has 1 heterocycles. The van der Waals surface area contributed by atoms with E-state index in [4.69, 9.17) is 0 Å². The third kappa shape index (κ3) is 3.06. The minimum atomic E-state index is -0.595. The number of carbonyl (C=O) groups is 1. The van der Waals surface area contributed by atoms with Crippen LogP contribution in [-0.2, 0) is 0 Å². The molecule has 5 nitrogen and oxygen atoms in total. The van der Waals surface area contributed by atoms with Gasteiger partial charge in [-0.2, -0.15) is 0 Å². The zero-order chi connectivity index (χ0) is 13.9. The van der Waals surface area contributed by atoms with Crippen molar-refractivity contribution in [2.45, 2.75) is 25.8 Å². The average molecular weight is 261 g/mol. The lowest BCUT2D eigenvalue weighted by Gasteiger charge is -2.27. The molecule has 2 aromatic rings. The van der Waals surface area contributed by atoms with Gasteiger partial charge in [0.25, 0.3) is 0 Å². The predicted octanol–water partition coefficient (Wildman–Crippen LogP) is 2.45. The molecule has 0 radical (unpaired) electrons. The first kappa shape index (κ1) is 13.4. The fraction of sp³-hybridized carbons (Fsp3) is 0.357. The monoisotopic (exact) mass is 261 g/mol. The summed E-state index contributed by atoms with van der Waals surface area (Å²) in [5.41, 5.74) is 1.16. The van der Waals surface area contributed by atoms with Crippen LogP contribution in [0.2, 0.25) is 0 Å². The van der Waals surface area contributed by atoms with Crippen LogP contribution in [0.25, 0.3) is 10.9 Å². The van der Waals surface area contributed by atoms with Gasteiger partial charge in [0, 0.05) is 22.8 Å². The van der Waals surface area contributed by atoms with Gasteiger partial charge in [-0.3, -0.25) is 0 Å². The highest BCUT2D eigenvalue weighted by Crippen LogP contribution is 2.18. The van der Waals surface area contributed by atoms with Gasteiger partial charge in [0.2, 0.25) is 0 Å². The number of aromatic amines is 1. The number of anilines is 1. The number of amides is 2. The second kappa shape index (κ2) is 5.32. The first-order chi connectivity index (χ1) is 9.06. The molecule has 0 fully saturated rings. The summed E-state index contributed by atoms with van der Waals surface area (Å²) >= 11 is 0. The molecule has 0 aliphatic rings. The van der Waals surface area contributed by atoms with Crippen molar-refractivity contribution in [1.82, 2.24) is 10.3 Å². The molecule has 2 rings (SSSR count). The van der Waals surface area contributed by atoms with E-state index in [1.807, 2.05) is 44.3 Å². The van der Waals surface area contributed by atoms with Crippen LogP contribution in [0.4, 0.5) is 10.5 Å². The molecule has 1 aromatic heterocycles. The lowest BCUT2D eigenvalue weighted by molar-refractivity contribution is 0.172. The van der Waals surface area contributed by atoms with Crippen LogP contribution in [0.15, 0.2) is 30.5 Å². The van der Waals surface area contributed by atoms with Crippen molar-refractivity contribution < 1.29 is 9.90 Å². The number of H-pyrrole nitrogens is 1. The van der Waals surface area contributed by atoms with Crippen molar-refractivity contribution in [2.75, 3.05) is 11.9 Å². The number of hydrogen-bond donors (Lipinski definition) is 4. The number of carbonyl (C=O) groups excluding carboxylic acids is 1. The molecule has 0 saturated heterocycles. The summed E-state index contributed by atoms with van der Waals surface area (Å²) in [6.07, 6.45) is 2.52. The van der Waals surface area contributed by atoms with Crippen molar-refractivity contribution in [1.29, 1.82) is 0 Å². The number of fused-ring (bicyclic) bond motifs is 1. The number of benzene rings is 1. The zero-order valence-electron chi connectivity index (χ0n) is 11.2. The van der Waals surface area contributed by atoms with E-state index in [0.717, 1.165) is 16.6 Å². The molecule has 1 unspecified atom stereocenters. The van der Waals surface area contributed by atoms with Gasteiger partial charge < -0.3 is 20.7 Å². The summed E-state index contributed by atoms with van der Waals surface area (Å²) in [6, 6.07) is 7.28. The molecular weight excluding hydrogens is 242 g/mol. The van der Waals surface area contributed by atoms with Crippen LogP contribution in [0.1, 0.15) is 20.3 Å². The smallest absolute Gasteiger partial charge is 0.319 e. The maximum atomic E-state index is 11.9. The maximum absolute atomic E-state index is 11.9. The highest BCUT2D eigenvalue weighted by atomic mass is 16.3. The van der Waals surface area contributed by atoms with Crippen molar-refractivity contribution in [2.24, 2.45) is 0 Å². The Morgan fingerprint density at radius 2 is 2.21 bits per heavy atom. The SMILES string of the molecule is CCC(C)(CO)NC(=O)Nc1ccc2[nH]ccc2c1. The molecule has 0 aliphatic carbocycles. The molecule has 19 heavy (non-hydrogen) atoms. The van der Waals surface area contributed by atoms with Crippen LogP contribution in [-0.4, -0.2) is 28.3 Å². The fourth-order valence-electron chi connectivity index (χ4n) is 1.81. The molecule has 102 valence electrons. The van der Waals surface area contributed by atoms with Crippen molar-refractivity contribution in [3.05, 3.63) is 30.5 Å². The zero-order valence-corrected chi connectivity index (χ0v) is 11.2. The average Bonchev–Trinajstić information content (AvgIpc) is 2.85. The quantitative estimate of drug-likeness (QED) is 0.682. The molecule has 1 atom stereocenters. The molecule has 5 heteroatoms. The van der Waals surface area contributed by atoms with Gasteiger partial charge in [0.1, 0.15) is 0 Å². The summed E-state index contributed by atoms with van der Waals surface area (Å²) in [7, 11) is 0. The van der Waals surface area contributed by atoms with Crippen LogP contribution >= 0.6 is 0 Å². The number of aliphatic hydroxyl groups excluding tert-OH is 1. The Hall–Kier alpha value is -2.01. The second-order valence-electron chi connectivity index (χ2n) is 4.93. The van der Waals surface area contributed by atoms with E-state index in [0.29, 0.717) is 6.42 Å². The summed E-state index contributed by atoms with van der Waals surface area (Å²) in [4.78, 5) is 15.0. The third-order valence-electron chi connectivity index (χ3n) is 3.36. The van der Waals surface area contributed by atoms with Gasteiger partial charge in [0.05, 0.1) is 12.1 Å². The number of nitrogens with one attached hydrogen (secondary N) is 3. The van der Waals surface area contributed by atoms with Gasteiger partial charge in [-0.1, -0.05) is 6.92 Å². The van der Waals surface area contributed by atoms with Gasteiger partial charge in [0.15, 0.2) is 0 Å². The number of urea groups is 1. The van der Waals surface area contributed by atoms with E-state index in [9.17, 15) is 9.90 Å². The Morgan fingerprint density at radius 1 is 1.42 bits per heavy atom. The maximum Gasteiger partial charge on any atom is 0.319 e. The predicted molar refractivity (Wildman–Crippen MR) is 76.2 cm³/mol. The number of aliphatic hydroxyl groups is 1. The normalized spacial score (nSPS) is 14.1. The lowest BCUT2D eigenvalue weighted by atomic mass is 10.0. The van der Waals surface area contributed by atoms with Crippen LogP contribution < -0.4 is 10.6 Å². The summed E-state index contributed by atoms with van der Waals surface area (Å²) in [6.45, 7) is 3.64. The Labute approximate surface area is 112 Å². The lowest BCUT2D eigenvalue weighted by Crippen LogP contribution is -2.50. The summed E-state index contributed by atoms with van der Waals surface area (Å²) in [5, 5.41) is 15.9. The van der Waals surface area contributed by atoms with Crippen LogP contribution in [0, 0.1) is 0 Å². The minimum Gasteiger partial charge on any atom is -0.394 e. The number of hydrogen-bond acceptors (Lipinski definition) is 2. The molecule has 0 spiro atoms. The highest BCUT2D eigenvalue weighted by Gasteiger charge is 2.23. The molecule has 2 amide bonds. The summed E-state index contributed by atoms with van der Waals surface area (Å²) < 4.78 is 0. The first-order valence-corrected chi connectivity index (χ1v) is 6.33. The Kier molecular flexibility index (Phi) is 3.76. The summed E-state index contributed by atoms with van der Waals surface area (Å²) in [5.74, 6) is 0. The van der Waals surface area contributed by atoms with E-state index < -0.39 is 5.54 Å². The molecule has 0 bridgehead atoms. The standard InChI is InChI=1S/C14H19N3O2/c1-3-14(2,9-18)17-13(19)16-11-4-5-12-10(8-11)6-7-15-12/h4-8,15,18H,3,9H2,1-2H3,(H2,16,17,19). The molecule has 0 saturated carbocycles. The number of aromatic nitrogens is 1. The van der Waals surface area contributed by atoms with Crippen molar-refractivity contribution in [3.8, 4) is 0 Å². The van der Waals surface area contributed by atoms with Crippen LogP contribution in [0.3, 0.4) is 0 Å². The molecular formula is C14H19N3O2. The van der Waals surface area contributed by atoms with Gasteiger partial charge >= 0.3 is 6.03 Å². The topological polar surface area (TPSA) is 77.2 Å². The van der Waals surface area contributed by atoms with Crippen molar-refractivity contribution in [3.63, 3.8) is 0 Å². The highest BCUT2D eigenvalue weighted by molar-refractivity contribution is 5.93. The van der Waals surface area contributed by atoms with Gasteiger partial charge in [-0.15, -0.1) is 0 Å². The largest absolute Gasteiger partial charge is 0.394 e. The number of rotatable bonds is 4. The van der Waals surface area contributed by atoms with E-state index in [1.165, 1.54) is 0 Å². The second-order valence-corrected chi connectivity index (χ2v) is 4.93. The van der Waals surface area contributed by atoms with E-state index in [1.54, 1.807) is 0 Å². The van der Waals surface area contributed by atoms with Gasteiger partial charge in [-0.25, -0.2) is 4.79 Å². The minimum absolute atomic E-state index is 0.0895. The van der Waals surface area contributed by atoms with Crippen LogP contribution in [0.5, 0.6) is 0 Å². The Morgan fingerprint density at radius 3 is 2.89 bits per heavy atom. The Balaban J connectivity index is 2.06.